The summed E-state index contributed by atoms with van der Waals surface area (Å²) in [6.45, 7) is 4.96. The van der Waals surface area contributed by atoms with E-state index >= 15 is 0 Å². The number of likely N-dealkylation sites (tertiary alicyclic amines) is 1. The number of amides is 2. The van der Waals surface area contributed by atoms with Crippen molar-refractivity contribution in [1.82, 2.24) is 9.80 Å². The fourth-order valence-corrected chi connectivity index (χ4v) is 4.46. The van der Waals surface area contributed by atoms with E-state index in [4.69, 9.17) is 0 Å². The summed E-state index contributed by atoms with van der Waals surface area (Å²) in [5.74, 6) is -2.00. The van der Waals surface area contributed by atoms with Gasteiger partial charge in [0.05, 0.1) is 5.41 Å². The van der Waals surface area contributed by atoms with Crippen LogP contribution in [0.25, 0.3) is 0 Å². The van der Waals surface area contributed by atoms with Gasteiger partial charge in [-0.3, -0.25) is 9.59 Å². The maximum Gasteiger partial charge on any atom is 0.245 e. The van der Waals surface area contributed by atoms with E-state index in [1.807, 2.05) is 30.3 Å². The first kappa shape index (κ1) is 19.3. The summed E-state index contributed by atoms with van der Waals surface area (Å²) in [5.41, 5.74) is 1.42. The van der Waals surface area contributed by atoms with Gasteiger partial charge in [-0.2, -0.15) is 0 Å². The third-order valence-electron chi connectivity index (χ3n) is 6.09. The van der Waals surface area contributed by atoms with E-state index in [-0.39, 0.29) is 24.9 Å². The lowest BCUT2D eigenvalue weighted by molar-refractivity contribution is -0.142. The Bertz CT molecular complexity index is 935. The number of nitrogens with zero attached hydrogens (tertiary/aromatic N) is 2. The van der Waals surface area contributed by atoms with Crippen LogP contribution in [0.3, 0.4) is 0 Å². The molecule has 4 rings (SSSR count). The van der Waals surface area contributed by atoms with Gasteiger partial charge < -0.3 is 9.80 Å². The number of fused-ring (bicyclic) bond motifs is 1. The van der Waals surface area contributed by atoms with Crippen molar-refractivity contribution in [2.75, 3.05) is 13.1 Å². The molecule has 2 heterocycles. The molecular formula is C23H22F2N2O2. The van der Waals surface area contributed by atoms with Crippen molar-refractivity contribution in [1.29, 1.82) is 0 Å². The molecule has 2 aliphatic heterocycles. The van der Waals surface area contributed by atoms with Gasteiger partial charge in [-0.25, -0.2) is 8.78 Å². The fourth-order valence-electron chi connectivity index (χ4n) is 4.46. The van der Waals surface area contributed by atoms with Crippen LogP contribution in [0.4, 0.5) is 8.78 Å². The van der Waals surface area contributed by atoms with Crippen molar-refractivity contribution < 1.29 is 18.4 Å². The normalized spacial score (nSPS) is 17.7. The molecule has 29 heavy (non-hydrogen) atoms. The topological polar surface area (TPSA) is 40.6 Å². The highest BCUT2D eigenvalue weighted by Gasteiger charge is 2.46. The monoisotopic (exact) mass is 396 g/mol. The largest absolute Gasteiger partial charge is 0.339 e. The first-order valence-corrected chi connectivity index (χ1v) is 9.67. The minimum Gasteiger partial charge on any atom is -0.339 e. The lowest BCUT2D eigenvalue weighted by Gasteiger charge is -2.42. The molecule has 4 nitrogen and oxygen atoms in total. The van der Waals surface area contributed by atoms with Crippen LogP contribution < -0.4 is 0 Å². The predicted molar refractivity (Wildman–Crippen MR) is 105 cm³/mol. The molecule has 0 unspecified atom stereocenters. The van der Waals surface area contributed by atoms with Crippen LogP contribution in [0.2, 0.25) is 0 Å². The molecule has 0 aromatic heterocycles. The van der Waals surface area contributed by atoms with Crippen LogP contribution >= 0.6 is 0 Å². The number of carbonyl (C=O) groups is 2. The minimum absolute atomic E-state index is 0.0635. The van der Waals surface area contributed by atoms with Crippen molar-refractivity contribution in [2.24, 2.45) is 0 Å². The van der Waals surface area contributed by atoms with E-state index < -0.39 is 17.0 Å². The smallest absolute Gasteiger partial charge is 0.245 e. The van der Waals surface area contributed by atoms with Crippen LogP contribution in [0.1, 0.15) is 29.5 Å². The number of hydrogen-bond acceptors (Lipinski definition) is 2. The van der Waals surface area contributed by atoms with Gasteiger partial charge in [0.1, 0.15) is 0 Å². The second kappa shape index (κ2) is 7.43. The number of hydrogen-bond donors (Lipinski definition) is 0. The quantitative estimate of drug-likeness (QED) is 0.745. The lowest BCUT2D eigenvalue weighted by atomic mass is 9.71. The number of carbonyl (C=O) groups excluding carboxylic acids is 2. The average Bonchev–Trinajstić information content (AvgIpc) is 3.16. The zero-order valence-corrected chi connectivity index (χ0v) is 16.0. The zero-order valence-electron chi connectivity index (χ0n) is 16.0. The second-order valence-corrected chi connectivity index (χ2v) is 7.67. The first-order chi connectivity index (χ1) is 13.9. The van der Waals surface area contributed by atoms with Gasteiger partial charge in [-0.05, 0) is 47.7 Å². The van der Waals surface area contributed by atoms with E-state index in [0.717, 1.165) is 5.56 Å². The Balaban J connectivity index is 1.64. The van der Waals surface area contributed by atoms with Crippen molar-refractivity contribution >= 4 is 11.8 Å². The molecule has 0 bridgehead atoms. The molecule has 0 atom stereocenters. The number of benzene rings is 2. The third-order valence-corrected chi connectivity index (χ3v) is 6.09. The maximum absolute atomic E-state index is 13.7. The number of rotatable bonds is 3. The molecule has 2 aromatic carbocycles. The van der Waals surface area contributed by atoms with E-state index in [1.54, 1.807) is 9.80 Å². The van der Waals surface area contributed by atoms with Gasteiger partial charge in [-0.15, -0.1) is 0 Å². The Hall–Kier alpha value is -3.02. The fraction of sp³-hybridized carbons (Fsp3) is 0.304. The highest BCUT2D eigenvalue weighted by molar-refractivity contribution is 5.90. The maximum atomic E-state index is 13.7. The van der Waals surface area contributed by atoms with Crippen molar-refractivity contribution in [3.05, 3.63) is 83.4 Å². The molecule has 150 valence electrons. The van der Waals surface area contributed by atoms with E-state index in [0.29, 0.717) is 37.1 Å². The van der Waals surface area contributed by atoms with Crippen LogP contribution in [-0.4, -0.2) is 34.7 Å². The molecule has 0 radical (unpaired) electrons. The van der Waals surface area contributed by atoms with E-state index in [9.17, 15) is 18.4 Å². The van der Waals surface area contributed by atoms with Crippen molar-refractivity contribution in [3.8, 4) is 0 Å². The Labute approximate surface area is 168 Å². The molecule has 6 heteroatoms. The molecule has 0 aliphatic carbocycles. The summed E-state index contributed by atoms with van der Waals surface area (Å²) < 4.78 is 27.3. The molecular weight excluding hydrogens is 374 g/mol. The molecule has 0 N–H and O–H groups in total. The van der Waals surface area contributed by atoms with Crippen LogP contribution in [0, 0.1) is 11.6 Å². The summed E-state index contributed by atoms with van der Waals surface area (Å²) in [4.78, 5) is 29.1. The van der Waals surface area contributed by atoms with Crippen LogP contribution in [0.15, 0.2) is 55.1 Å². The average molecular weight is 396 g/mol. The molecule has 1 fully saturated rings. The number of piperidine rings is 1. The van der Waals surface area contributed by atoms with E-state index in [2.05, 4.69) is 6.58 Å². The predicted octanol–water partition coefficient (Wildman–Crippen LogP) is 3.55. The second-order valence-electron chi connectivity index (χ2n) is 7.67. The Kier molecular flexibility index (Phi) is 4.94. The van der Waals surface area contributed by atoms with Crippen molar-refractivity contribution in [3.63, 3.8) is 0 Å². The first-order valence-electron chi connectivity index (χ1n) is 9.67. The molecule has 1 saturated heterocycles. The summed E-state index contributed by atoms with van der Waals surface area (Å²) in [7, 11) is 0. The minimum atomic E-state index is -0.896. The third kappa shape index (κ3) is 3.33. The zero-order chi connectivity index (χ0) is 20.6. The van der Waals surface area contributed by atoms with Gasteiger partial charge in [0, 0.05) is 26.2 Å². The Morgan fingerprint density at radius 3 is 2.00 bits per heavy atom. The molecule has 0 saturated carbocycles. The van der Waals surface area contributed by atoms with Crippen LogP contribution in [0.5, 0.6) is 0 Å². The summed E-state index contributed by atoms with van der Waals surface area (Å²) in [6, 6.07) is 11.9. The Morgan fingerprint density at radius 1 is 0.931 bits per heavy atom. The summed E-state index contributed by atoms with van der Waals surface area (Å²) in [6.07, 6.45) is 2.27. The number of halogens is 2. The Morgan fingerprint density at radius 2 is 1.48 bits per heavy atom. The van der Waals surface area contributed by atoms with Gasteiger partial charge in [0.2, 0.25) is 11.8 Å². The standard InChI is InChI=1S/C23H22F2N2O2/c1-2-21(28)26-10-8-23(9-11-26,18-6-4-3-5-7-18)22(29)27-14-16-12-19(24)20(25)13-17(16)15-27/h2-7,12-13H,1,8-11,14-15H2. The van der Waals surface area contributed by atoms with Crippen molar-refractivity contribution in [2.45, 2.75) is 31.3 Å². The lowest BCUT2D eigenvalue weighted by Crippen LogP contribution is -2.52. The van der Waals surface area contributed by atoms with Gasteiger partial charge in [0.25, 0.3) is 0 Å². The molecule has 0 spiro atoms. The van der Waals surface area contributed by atoms with Gasteiger partial charge >= 0.3 is 0 Å². The SMILES string of the molecule is C=CC(=O)N1CCC(C(=O)N2Cc3cc(F)c(F)cc3C2)(c2ccccc2)CC1. The molecule has 2 amide bonds. The summed E-state index contributed by atoms with van der Waals surface area (Å²) >= 11 is 0. The van der Waals surface area contributed by atoms with Gasteiger partial charge in [-0.1, -0.05) is 36.9 Å². The van der Waals surface area contributed by atoms with Crippen LogP contribution in [-0.2, 0) is 28.1 Å². The van der Waals surface area contributed by atoms with E-state index in [1.165, 1.54) is 18.2 Å². The highest BCUT2D eigenvalue weighted by atomic mass is 19.2. The highest BCUT2D eigenvalue weighted by Crippen LogP contribution is 2.39. The molecule has 2 aromatic rings. The molecule has 2 aliphatic rings. The summed E-state index contributed by atoms with van der Waals surface area (Å²) in [5, 5.41) is 0. The van der Waals surface area contributed by atoms with Gasteiger partial charge in [0.15, 0.2) is 11.6 Å².